The minimum atomic E-state index is -1.32. The summed E-state index contributed by atoms with van der Waals surface area (Å²) in [6, 6.07) is 1.78. The molecule has 2 aromatic rings. The molecule has 0 aliphatic carbocycles. The lowest BCUT2D eigenvalue weighted by Gasteiger charge is -2.06. The Bertz CT molecular complexity index is 658. The second-order valence-corrected chi connectivity index (χ2v) is 4.36. The molecule has 0 amide bonds. The van der Waals surface area contributed by atoms with Gasteiger partial charge in [-0.15, -0.1) is 11.8 Å². The predicted octanol–water partition coefficient (Wildman–Crippen LogP) is 2.91. The largest absolute Gasteiger partial charge is 0.477 e. The number of aromatic nitrogens is 2. The summed E-state index contributed by atoms with van der Waals surface area (Å²) in [5.41, 5.74) is -0.916. The monoisotopic (exact) mass is 288 g/mol. The summed E-state index contributed by atoms with van der Waals surface area (Å²) < 4.78 is 40.9. The van der Waals surface area contributed by atoms with Gasteiger partial charge in [-0.3, -0.25) is 5.10 Å². The molecule has 0 aliphatic heterocycles. The number of nitrogens with zero attached hydrogens (tertiary/aromatic N) is 1. The average Bonchev–Trinajstić information content (AvgIpc) is 2.84. The molecule has 0 saturated carbocycles. The number of nitrogens with one attached hydrogen (secondary N) is 1. The molecular weight excluding hydrogens is 281 g/mol. The van der Waals surface area contributed by atoms with E-state index in [1.165, 1.54) is 6.26 Å². The maximum absolute atomic E-state index is 13.8. The normalized spacial score (nSPS) is 10.7. The van der Waals surface area contributed by atoms with E-state index in [0.29, 0.717) is 0 Å². The first-order valence-electron chi connectivity index (χ1n) is 4.96. The maximum Gasteiger partial charge on any atom is 0.353 e. The zero-order chi connectivity index (χ0) is 14.2. The lowest BCUT2D eigenvalue weighted by molar-refractivity contribution is 0.0690. The van der Waals surface area contributed by atoms with Crippen molar-refractivity contribution in [2.24, 2.45) is 0 Å². The number of carboxylic acid groups (broad SMARTS) is 1. The van der Waals surface area contributed by atoms with Crippen molar-refractivity contribution in [3.05, 3.63) is 35.3 Å². The number of rotatable bonds is 3. The van der Waals surface area contributed by atoms with Crippen molar-refractivity contribution in [2.75, 3.05) is 6.26 Å². The fourth-order valence-corrected chi connectivity index (χ4v) is 2.04. The lowest BCUT2D eigenvalue weighted by Crippen LogP contribution is -1.97. The van der Waals surface area contributed by atoms with Crippen LogP contribution in [0.3, 0.4) is 0 Å². The van der Waals surface area contributed by atoms with Crippen LogP contribution < -0.4 is 0 Å². The average molecular weight is 288 g/mol. The Hall–Kier alpha value is -1.96. The van der Waals surface area contributed by atoms with Gasteiger partial charge >= 0.3 is 5.97 Å². The van der Waals surface area contributed by atoms with Crippen LogP contribution in [0.5, 0.6) is 0 Å². The van der Waals surface area contributed by atoms with Crippen LogP contribution in [0, 0.1) is 17.5 Å². The molecule has 0 bridgehead atoms. The van der Waals surface area contributed by atoms with Crippen molar-refractivity contribution in [1.82, 2.24) is 10.2 Å². The van der Waals surface area contributed by atoms with Crippen LogP contribution in [0.2, 0.25) is 0 Å². The molecule has 1 heterocycles. The van der Waals surface area contributed by atoms with Crippen LogP contribution in [-0.4, -0.2) is 27.5 Å². The van der Waals surface area contributed by atoms with Crippen molar-refractivity contribution in [3.63, 3.8) is 0 Å². The summed E-state index contributed by atoms with van der Waals surface area (Å²) in [6.45, 7) is 0. The standard InChI is InChI=1S/C11H7F3N2O2S/c1-19-10-5(12)2-4(8(13)9(10)14)6-3-7(11(17)18)16-15-6/h2-3H,1H3,(H,15,16)(H,17,18). The fourth-order valence-electron chi connectivity index (χ4n) is 1.52. The number of benzene rings is 1. The smallest absolute Gasteiger partial charge is 0.353 e. The number of hydrogen-bond acceptors (Lipinski definition) is 3. The number of aromatic carboxylic acids is 1. The third-order valence-corrected chi connectivity index (χ3v) is 3.19. The Balaban J connectivity index is 2.59. The van der Waals surface area contributed by atoms with E-state index < -0.39 is 33.9 Å². The topological polar surface area (TPSA) is 66.0 Å². The van der Waals surface area contributed by atoms with E-state index in [1.54, 1.807) is 0 Å². The minimum absolute atomic E-state index is 0.180. The highest BCUT2D eigenvalue weighted by Gasteiger charge is 2.21. The predicted molar refractivity (Wildman–Crippen MR) is 62.6 cm³/mol. The van der Waals surface area contributed by atoms with Crippen molar-refractivity contribution in [1.29, 1.82) is 0 Å². The van der Waals surface area contributed by atoms with E-state index in [4.69, 9.17) is 5.11 Å². The van der Waals surface area contributed by atoms with E-state index in [-0.39, 0.29) is 11.4 Å². The molecule has 0 radical (unpaired) electrons. The number of H-pyrrole nitrogens is 1. The van der Waals surface area contributed by atoms with Crippen molar-refractivity contribution in [3.8, 4) is 11.3 Å². The second kappa shape index (κ2) is 4.96. The van der Waals surface area contributed by atoms with Gasteiger partial charge in [-0.05, 0) is 18.4 Å². The molecule has 1 aromatic heterocycles. The van der Waals surface area contributed by atoms with E-state index in [1.807, 2.05) is 0 Å². The van der Waals surface area contributed by atoms with Gasteiger partial charge in [-0.1, -0.05) is 0 Å². The van der Waals surface area contributed by atoms with Gasteiger partial charge in [-0.2, -0.15) is 5.10 Å². The number of thioether (sulfide) groups is 1. The molecule has 100 valence electrons. The van der Waals surface area contributed by atoms with Crippen molar-refractivity contribution >= 4 is 17.7 Å². The van der Waals surface area contributed by atoms with Crippen LogP contribution in [0.4, 0.5) is 13.2 Å². The molecule has 2 rings (SSSR count). The first kappa shape index (κ1) is 13.5. The Morgan fingerprint density at radius 3 is 2.53 bits per heavy atom. The van der Waals surface area contributed by atoms with Gasteiger partial charge < -0.3 is 5.11 Å². The van der Waals surface area contributed by atoms with Crippen LogP contribution >= 0.6 is 11.8 Å². The molecular formula is C11H7F3N2O2S. The van der Waals surface area contributed by atoms with Crippen LogP contribution in [0.25, 0.3) is 11.3 Å². The van der Waals surface area contributed by atoms with Crippen LogP contribution in [0.15, 0.2) is 17.0 Å². The molecule has 4 nitrogen and oxygen atoms in total. The van der Waals surface area contributed by atoms with Crippen LogP contribution in [-0.2, 0) is 0 Å². The molecule has 0 spiro atoms. The first-order chi connectivity index (χ1) is 8.95. The quantitative estimate of drug-likeness (QED) is 0.673. The Labute approximate surface area is 109 Å². The SMILES string of the molecule is CSc1c(F)cc(-c2cc(C(=O)O)[nH]n2)c(F)c1F. The van der Waals surface area contributed by atoms with Gasteiger partial charge in [0.1, 0.15) is 11.5 Å². The van der Waals surface area contributed by atoms with Gasteiger partial charge in [-0.25, -0.2) is 18.0 Å². The zero-order valence-electron chi connectivity index (χ0n) is 9.50. The maximum atomic E-state index is 13.8. The third kappa shape index (κ3) is 2.30. The number of hydrogen-bond donors (Lipinski definition) is 2. The fraction of sp³-hybridized carbons (Fsp3) is 0.0909. The molecule has 8 heteroatoms. The molecule has 0 atom stereocenters. The van der Waals surface area contributed by atoms with Gasteiger partial charge in [0.15, 0.2) is 11.6 Å². The summed E-state index contributed by atoms with van der Waals surface area (Å²) in [4.78, 5) is 10.2. The Morgan fingerprint density at radius 2 is 2.00 bits per heavy atom. The highest BCUT2D eigenvalue weighted by atomic mass is 32.2. The van der Waals surface area contributed by atoms with E-state index in [9.17, 15) is 18.0 Å². The molecule has 0 saturated heterocycles. The Kier molecular flexibility index (Phi) is 3.52. The highest BCUT2D eigenvalue weighted by Crippen LogP contribution is 2.31. The van der Waals surface area contributed by atoms with E-state index in [0.717, 1.165) is 23.9 Å². The highest BCUT2D eigenvalue weighted by molar-refractivity contribution is 7.98. The second-order valence-electron chi connectivity index (χ2n) is 3.54. The first-order valence-corrected chi connectivity index (χ1v) is 6.18. The number of carboxylic acids is 1. The van der Waals surface area contributed by atoms with Gasteiger partial charge in [0, 0.05) is 5.56 Å². The summed E-state index contributed by atoms with van der Waals surface area (Å²) in [5, 5.41) is 14.3. The molecule has 2 N–H and O–H groups in total. The molecule has 0 aliphatic rings. The molecule has 19 heavy (non-hydrogen) atoms. The van der Waals surface area contributed by atoms with Gasteiger partial charge in [0.2, 0.25) is 0 Å². The van der Waals surface area contributed by atoms with Crippen molar-refractivity contribution < 1.29 is 23.1 Å². The number of aromatic amines is 1. The summed E-state index contributed by atoms with van der Waals surface area (Å²) in [7, 11) is 0. The summed E-state index contributed by atoms with van der Waals surface area (Å²) >= 11 is 0.738. The van der Waals surface area contributed by atoms with Crippen molar-refractivity contribution in [2.45, 2.75) is 4.90 Å². The molecule has 1 aromatic carbocycles. The van der Waals surface area contributed by atoms with Gasteiger partial charge in [0.25, 0.3) is 0 Å². The molecule has 0 fully saturated rings. The van der Waals surface area contributed by atoms with E-state index >= 15 is 0 Å². The molecule has 0 unspecified atom stereocenters. The number of halogens is 3. The van der Waals surface area contributed by atoms with E-state index in [2.05, 4.69) is 10.2 Å². The minimum Gasteiger partial charge on any atom is -0.477 e. The number of carbonyl (C=O) groups is 1. The summed E-state index contributed by atoms with van der Waals surface area (Å²) in [6.07, 6.45) is 1.41. The Morgan fingerprint density at radius 1 is 1.32 bits per heavy atom. The zero-order valence-corrected chi connectivity index (χ0v) is 10.3. The third-order valence-electron chi connectivity index (χ3n) is 2.40. The van der Waals surface area contributed by atoms with Crippen LogP contribution in [0.1, 0.15) is 10.5 Å². The lowest BCUT2D eigenvalue weighted by atomic mass is 10.1. The van der Waals surface area contributed by atoms with Gasteiger partial charge in [0.05, 0.1) is 10.6 Å². The summed E-state index contributed by atoms with van der Waals surface area (Å²) in [5.74, 6) is -4.82.